The van der Waals surface area contributed by atoms with Crippen LogP contribution in [0.2, 0.25) is 0 Å². The van der Waals surface area contributed by atoms with E-state index < -0.39 is 11.3 Å². The molecule has 3 aromatic carbocycles. The summed E-state index contributed by atoms with van der Waals surface area (Å²) in [6.07, 6.45) is 3.38. The number of nitrogens with one attached hydrogen (secondary N) is 1. The number of rotatable bonds is 6. The van der Waals surface area contributed by atoms with Crippen LogP contribution in [0.4, 0.5) is 0 Å². The minimum atomic E-state index is -1.13. The molecule has 1 fully saturated rings. The van der Waals surface area contributed by atoms with E-state index in [1.54, 1.807) is 0 Å². The van der Waals surface area contributed by atoms with Crippen molar-refractivity contribution in [1.29, 1.82) is 0 Å². The lowest BCUT2D eigenvalue weighted by molar-refractivity contribution is -0.121. The van der Waals surface area contributed by atoms with Gasteiger partial charge in [-0.3, -0.25) is 9.59 Å². The molecule has 37 heavy (non-hydrogen) atoms. The molecule has 0 bridgehead atoms. The molecule has 0 saturated carbocycles. The summed E-state index contributed by atoms with van der Waals surface area (Å²) in [6, 6.07) is 22.0. The number of fused-ring (bicyclic) bond motifs is 3. The Kier molecular flexibility index (Phi) is 5.96. The fourth-order valence-electron chi connectivity index (χ4n) is 6.66. The minimum absolute atomic E-state index is 0.0127. The van der Waals surface area contributed by atoms with Crippen LogP contribution in [0.3, 0.4) is 0 Å². The molecule has 1 aliphatic heterocycles. The van der Waals surface area contributed by atoms with E-state index in [9.17, 15) is 9.59 Å². The van der Waals surface area contributed by atoms with Crippen molar-refractivity contribution in [2.45, 2.75) is 38.0 Å². The fourth-order valence-corrected chi connectivity index (χ4v) is 6.66. The molecule has 3 N–H and O–H groups in total. The average molecular weight is 492 g/mol. The highest BCUT2D eigenvalue weighted by molar-refractivity contribution is 6.27. The summed E-state index contributed by atoms with van der Waals surface area (Å²) in [5, 5.41) is 5.51. The SMILES string of the molecule is CCCCC1=C(N2CCNCC2)C2=C(c3ccccc3C2=O)C(C(N)=O)(c2cccc3ccccc23)C1. The summed E-state index contributed by atoms with van der Waals surface area (Å²) in [5.74, 6) is -0.382. The maximum absolute atomic E-state index is 14.2. The number of carbonyl (C=O) groups is 2. The van der Waals surface area contributed by atoms with Gasteiger partial charge in [0.1, 0.15) is 5.41 Å². The number of amides is 1. The first-order valence-corrected chi connectivity index (χ1v) is 13.4. The lowest BCUT2D eigenvalue weighted by Crippen LogP contribution is -2.48. The van der Waals surface area contributed by atoms with Gasteiger partial charge < -0.3 is 16.0 Å². The number of ketones is 1. The van der Waals surface area contributed by atoms with Gasteiger partial charge in [0.05, 0.1) is 5.57 Å². The maximum Gasteiger partial charge on any atom is 0.232 e. The van der Waals surface area contributed by atoms with E-state index in [-0.39, 0.29) is 5.78 Å². The van der Waals surface area contributed by atoms with Gasteiger partial charge in [-0.05, 0) is 52.3 Å². The van der Waals surface area contributed by atoms with Gasteiger partial charge >= 0.3 is 0 Å². The van der Waals surface area contributed by atoms with Crippen LogP contribution in [0, 0.1) is 0 Å². The highest BCUT2D eigenvalue weighted by Crippen LogP contribution is 2.56. The number of unbranched alkanes of at least 4 members (excludes halogenated alkanes) is 1. The molecule has 0 aromatic heterocycles. The summed E-state index contributed by atoms with van der Waals surface area (Å²) in [7, 11) is 0. The Morgan fingerprint density at radius 1 is 0.973 bits per heavy atom. The fraction of sp³-hybridized carbons (Fsp3) is 0.312. The lowest BCUT2D eigenvalue weighted by atomic mass is 9.62. The van der Waals surface area contributed by atoms with Gasteiger partial charge in [-0.25, -0.2) is 0 Å². The molecule has 188 valence electrons. The van der Waals surface area contributed by atoms with Gasteiger partial charge in [-0.15, -0.1) is 0 Å². The smallest absolute Gasteiger partial charge is 0.232 e. The lowest BCUT2D eigenvalue weighted by Gasteiger charge is -2.43. The molecule has 1 saturated heterocycles. The highest BCUT2D eigenvalue weighted by atomic mass is 16.1. The van der Waals surface area contributed by atoms with Crippen LogP contribution in [0.1, 0.15) is 54.1 Å². The van der Waals surface area contributed by atoms with Crippen LogP contribution in [0.15, 0.2) is 83.6 Å². The van der Waals surface area contributed by atoms with E-state index in [0.717, 1.165) is 78.6 Å². The molecule has 2 aliphatic carbocycles. The van der Waals surface area contributed by atoms with E-state index in [2.05, 4.69) is 35.3 Å². The Labute approximate surface area is 218 Å². The predicted octanol–water partition coefficient (Wildman–Crippen LogP) is 4.97. The molecule has 3 aromatic rings. The first-order chi connectivity index (χ1) is 18.1. The van der Waals surface area contributed by atoms with E-state index >= 15 is 0 Å². The number of Topliss-reactive ketones (excluding diaryl/α,β-unsaturated/α-hetero) is 1. The number of primary amides is 1. The van der Waals surface area contributed by atoms with Gasteiger partial charge in [0.15, 0.2) is 5.78 Å². The van der Waals surface area contributed by atoms with Crippen molar-refractivity contribution in [1.82, 2.24) is 10.2 Å². The Bertz CT molecular complexity index is 1470. The molecular weight excluding hydrogens is 458 g/mol. The third-order valence-corrected chi connectivity index (χ3v) is 8.33. The second-order valence-corrected chi connectivity index (χ2v) is 10.4. The van der Waals surface area contributed by atoms with Gasteiger partial charge in [-0.1, -0.05) is 80.1 Å². The van der Waals surface area contributed by atoms with Crippen LogP contribution in [0.25, 0.3) is 16.3 Å². The van der Waals surface area contributed by atoms with Gasteiger partial charge in [0, 0.05) is 37.4 Å². The molecule has 1 unspecified atom stereocenters. The third kappa shape index (κ3) is 3.56. The van der Waals surface area contributed by atoms with Crippen molar-refractivity contribution in [3.05, 3.63) is 100 Å². The van der Waals surface area contributed by atoms with E-state index in [4.69, 9.17) is 5.73 Å². The van der Waals surface area contributed by atoms with Crippen molar-refractivity contribution < 1.29 is 9.59 Å². The summed E-state index contributed by atoms with van der Waals surface area (Å²) in [4.78, 5) is 30.5. The van der Waals surface area contributed by atoms with Gasteiger partial charge in [0.2, 0.25) is 5.91 Å². The molecule has 6 rings (SSSR count). The zero-order valence-electron chi connectivity index (χ0n) is 21.3. The Morgan fingerprint density at radius 3 is 2.43 bits per heavy atom. The zero-order valence-corrected chi connectivity index (χ0v) is 21.3. The first kappa shape index (κ1) is 23.7. The molecule has 5 heteroatoms. The second kappa shape index (κ2) is 9.31. The van der Waals surface area contributed by atoms with Crippen LogP contribution in [-0.4, -0.2) is 42.8 Å². The normalized spacial score (nSPS) is 21.4. The molecule has 0 spiro atoms. The van der Waals surface area contributed by atoms with Gasteiger partial charge in [-0.2, -0.15) is 0 Å². The Balaban J connectivity index is 1.71. The summed E-state index contributed by atoms with van der Waals surface area (Å²) < 4.78 is 0. The molecule has 1 amide bonds. The third-order valence-electron chi connectivity index (χ3n) is 8.33. The van der Waals surface area contributed by atoms with Crippen molar-refractivity contribution in [3.63, 3.8) is 0 Å². The molecule has 0 radical (unpaired) electrons. The standard InChI is InChI=1S/C32H33N3O2/c1-2-3-9-22-20-32(31(33)37,26-15-8-11-21-10-4-5-12-23(21)26)28-24-13-6-7-14-25(24)30(36)27(28)29(22)35-18-16-34-17-19-35/h4-8,10-15,34H,2-3,9,16-20H2,1H3,(H2,33,37). The number of allylic oxidation sites excluding steroid dienone is 2. The maximum atomic E-state index is 14.2. The van der Waals surface area contributed by atoms with Crippen LogP contribution < -0.4 is 11.1 Å². The number of carbonyl (C=O) groups excluding carboxylic acids is 2. The monoisotopic (exact) mass is 491 g/mol. The molecule has 3 aliphatic rings. The largest absolute Gasteiger partial charge is 0.369 e. The van der Waals surface area contributed by atoms with Crippen LogP contribution >= 0.6 is 0 Å². The van der Waals surface area contributed by atoms with E-state index in [0.29, 0.717) is 17.6 Å². The summed E-state index contributed by atoms with van der Waals surface area (Å²) in [5.41, 5.74) is 11.5. The number of benzene rings is 3. The molecule has 5 nitrogen and oxygen atoms in total. The quantitative estimate of drug-likeness (QED) is 0.511. The van der Waals surface area contributed by atoms with Crippen molar-refractivity contribution in [2.24, 2.45) is 5.73 Å². The number of nitrogens with zero attached hydrogens (tertiary/aromatic N) is 1. The van der Waals surface area contributed by atoms with Crippen LogP contribution in [0.5, 0.6) is 0 Å². The second-order valence-electron chi connectivity index (χ2n) is 10.4. The topological polar surface area (TPSA) is 75.4 Å². The zero-order chi connectivity index (χ0) is 25.6. The van der Waals surface area contributed by atoms with Crippen molar-refractivity contribution in [3.8, 4) is 0 Å². The predicted molar refractivity (Wildman–Crippen MR) is 148 cm³/mol. The molecule has 1 atom stereocenters. The number of nitrogens with two attached hydrogens (primary N) is 1. The number of hydrogen-bond acceptors (Lipinski definition) is 4. The van der Waals surface area contributed by atoms with Crippen molar-refractivity contribution >= 4 is 28.0 Å². The van der Waals surface area contributed by atoms with E-state index in [1.165, 1.54) is 5.57 Å². The summed E-state index contributed by atoms with van der Waals surface area (Å²) >= 11 is 0. The Hall–Kier alpha value is -3.70. The summed E-state index contributed by atoms with van der Waals surface area (Å²) in [6.45, 7) is 5.60. The number of piperazine rings is 1. The average Bonchev–Trinajstić information content (AvgIpc) is 3.24. The Morgan fingerprint density at radius 2 is 1.68 bits per heavy atom. The number of hydrogen-bond donors (Lipinski definition) is 2. The highest BCUT2D eigenvalue weighted by Gasteiger charge is 2.53. The molecular formula is C32H33N3O2. The van der Waals surface area contributed by atoms with Crippen molar-refractivity contribution in [2.75, 3.05) is 26.2 Å². The molecule has 1 heterocycles. The van der Waals surface area contributed by atoms with Crippen LogP contribution in [-0.2, 0) is 10.2 Å². The first-order valence-electron chi connectivity index (χ1n) is 13.4. The van der Waals surface area contributed by atoms with E-state index in [1.807, 2.05) is 48.5 Å². The minimum Gasteiger partial charge on any atom is -0.369 e. The van der Waals surface area contributed by atoms with Gasteiger partial charge in [0.25, 0.3) is 0 Å².